The van der Waals surface area contributed by atoms with E-state index in [4.69, 9.17) is 9.88 Å². The van der Waals surface area contributed by atoms with Crippen molar-refractivity contribution in [1.29, 1.82) is 0 Å². The Bertz CT molecular complexity index is 1080. The van der Waals surface area contributed by atoms with Crippen LogP contribution in [-0.2, 0) is 10.0 Å². The molecule has 0 unspecified atom stereocenters. The summed E-state index contributed by atoms with van der Waals surface area (Å²) in [5, 5.41) is 8.52. The highest BCUT2D eigenvalue weighted by atomic mass is 32.2. The first-order chi connectivity index (χ1) is 12.3. The highest BCUT2D eigenvalue weighted by Gasteiger charge is 2.20. The van der Waals surface area contributed by atoms with Crippen molar-refractivity contribution in [2.75, 3.05) is 11.9 Å². The molecule has 0 aliphatic carbocycles. The minimum absolute atomic E-state index is 0.0230. The molecule has 0 atom stereocenters. The number of primary sulfonamides is 1. The van der Waals surface area contributed by atoms with Gasteiger partial charge in [0.2, 0.25) is 15.9 Å². The number of sulfonamides is 1. The molecule has 0 fully saturated rings. The average molecular weight is 392 g/mol. The van der Waals surface area contributed by atoms with Gasteiger partial charge in [0.25, 0.3) is 5.91 Å². The maximum atomic E-state index is 12.6. The summed E-state index contributed by atoms with van der Waals surface area (Å²) in [7, 11) is -3.77. The van der Waals surface area contributed by atoms with E-state index in [1.54, 1.807) is 0 Å². The molecular weight excluding hydrogens is 376 g/mol. The monoisotopic (exact) mass is 392 g/mol. The largest absolute Gasteiger partial charge is 0.477 e. The van der Waals surface area contributed by atoms with Gasteiger partial charge >= 0.3 is 0 Å². The Balaban J connectivity index is 1.91. The summed E-state index contributed by atoms with van der Waals surface area (Å²) in [5.41, 5.74) is 1.18. The number of aromatic nitrogens is 2. The summed E-state index contributed by atoms with van der Waals surface area (Å²) in [5.74, 6) is 0.124. The molecule has 3 N–H and O–H groups in total. The third kappa shape index (κ3) is 3.52. The second-order valence-electron chi connectivity index (χ2n) is 5.37. The zero-order chi connectivity index (χ0) is 18.9. The molecule has 0 aliphatic heterocycles. The quantitative estimate of drug-likeness (QED) is 0.686. The van der Waals surface area contributed by atoms with Gasteiger partial charge in [-0.1, -0.05) is 0 Å². The van der Waals surface area contributed by atoms with Crippen molar-refractivity contribution in [3.05, 3.63) is 41.0 Å². The first kappa shape index (κ1) is 18.2. The Morgan fingerprint density at radius 1 is 1.27 bits per heavy atom. The smallest absolute Gasteiger partial charge is 0.266 e. The SMILES string of the molecule is CCOc1ncnc2sc(C(=O)Nc3ccc(S(N)(=O)=O)cc3)c(C)c12. The number of nitrogens with zero attached hydrogens (tertiary/aromatic N) is 2. The molecule has 0 saturated carbocycles. The van der Waals surface area contributed by atoms with Gasteiger partial charge in [0.1, 0.15) is 11.2 Å². The number of rotatable bonds is 5. The van der Waals surface area contributed by atoms with Crippen LogP contribution in [0.1, 0.15) is 22.2 Å². The van der Waals surface area contributed by atoms with Crippen LogP contribution in [0, 0.1) is 6.92 Å². The summed E-state index contributed by atoms with van der Waals surface area (Å²) in [4.78, 5) is 22.1. The second-order valence-corrected chi connectivity index (χ2v) is 7.93. The van der Waals surface area contributed by atoms with Crippen molar-refractivity contribution in [3.8, 4) is 5.88 Å². The lowest BCUT2D eigenvalue weighted by atomic mass is 10.2. The van der Waals surface area contributed by atoms with Crippen LogP contribution in [0.2, 0.25) is 0 Å². The molecular formula is C16H16N4O4S2. The first-order valence-corrected chi connectivity index (χ1v) is 9.98. The van der Waals surface area contributed by atoms with Gasteiger partial charge < -0.3 is 10.1 Å². The van der Waals surface area contributed by atoms with E-state index in [1.807, 2.05) is 13.8 Å². The number of nitrogens with two attached hydrogens (primary N) is 1. The molecule has 26 heavy (non-hydrogen) atoms. The summed E-state index contributed by atoms with van der Waals surface area (Å²) in [6.45, 7) is 4.12. The minimum Gasteiger partial charge on any atom is -0.477 e. The summed E-state index contributed by atoms with van der Waals surface area (Å²) >= 11 is 1.24. The Morgan fingerprint density at radius 3 is 2.58 bits per heavy atom. The van der Waals surface area contributed by atoms with E-state index in [1.165, 1.54) is 41.9 Å². The summed E-state index contributed by atoms with van der Waals surface area (Å²) in [6, 6.07) is 5.63. The fraction of sp³-hybridized carbons (Fsp3) is 0.188. The van der Waals surface area contributed by atoms with Gasteiger partial charge in [-0.25, -0.2) is 23.5 Å². The van der Waals surface area contributed by atoms with Crippen LogP contribution in [0.15, 0.2) is 35.5 Å². The van der Waals surface area contributed by atoms with Crippen molar-refractivity contribution in [3.63, 3.8) is 0 Å². The number of hydrogen-bond acceptors (Lipinski definition) is 7. The standard InChI is InChI=1S/C16H16N4O4S2/c1-3-24-15-12-9(2)13(25-16(12)19-8-18-15)14(21)20-10-4-6-11(7-5-10)26(17,22)23/h4-8H,3H2,1-2H3,(H,20,21)(H2,17,22,23). The van der Waals surface area contributed by atoms with Gasteiger partial charge in [0, 0.05) is 5.69 Å². The molecule has 1 amide bonds. The number of aryl methyl sites for hydroxylation is 1. The van der Waals surface area contributed by atoms with E-state index >= 15 is 0 Å². The fourth-order valence-corrected chi connectivity index (χ4v) is 3.97. The van der Waals surface area contributed by atoms with Gasteiger partial charge in [0.05, 0.1) is 21.8 Å². The highest BCUT2D eigenvalue weighted by Crippen LogP contribution is 2.34. The van der Waals surface area contributed by atoms with Crippen molar-refractivity contribution in [2.24, 2.45) is 5.14 Å². The van der Waals surface area contributed by atoms with Gasteiger partial charge in [0.15, 0.2) is 0 Å². The molecule has 0 radical (unpaired) electrons. The number of anilines is 1. The van der Waals surface area contributed by atoms with Crippen molar-refractivity contribution < 1.29 is 17.9 Å². The predicted octanol–water partition coefficient (Wildman–Crippen LogP) is 2.30. The van der Waals surface area contributed by atoms with Gasteiger partial charge in [-0.2, -0.15) is 0 Å². The van der Waals surface area contributed by atoms with Gasteiger partial charge in [-0.15, -0.1) is 11.3 Å². The van der Waals surface area contributed by atoms with Crippen LogP contribution >= 0.6 is 11.3 Å². The van der Waals surface area contributed by atoms with Gasteiger partial charge in [-0.3, -0.25) is 4.79 Å². The third-order valence-corrected chi connectivity index (χ3v) is 5.75. The van der Waals surface area contributed by atoms with E-state index in [2.05, 4.69) is 15.3 Å². The molecule has 0 bridgehead atoms. The molecule has 3 rings (SSSR count). The maximum Gasteiger partial charge on any atom is 0.266 e. The Morgan fingerprint density at radius 2 is 1.96 bits per heavy atom. The summed E-state index contributed by atoms with van der Waals surface area (Å²) in [6.07, 6.45) is 1.40. The van der Waals surface area contributed by atoms with Crippen LogP contribution < -0.4 is 15.2 Å². The molecule has 3 aromatic rings. The number of hydrogen-bond donors (Lipinski definition) is 2. The number of thiophene rings is 1. The first-order valence-electron chi connectivity index (χ1n) is 7.62. The molecule has 2 heterocycles. The molecule has 0 saturated heterocycles. The van der Waals surface area contributed by atoms with Crippen molar-refractivity contribution in [2.45, 2.75) is 18.7 Å². The van der Waals surface area contributed by atoms with Crippen LogP contribution in [0.4, 0.5) is 5.69 Å². The number of nitrogens with one attached hydrogen (secondary N) is 1. The average Bonchev–Trinajstić information content (AvgIpc) is 2.93. The molecule has 0 spiro atoms. The summed E-state index contributed by atoms with van der Waals surface area (Å²) < 4.78 is 28.1. The molecule has 0 aliphatic rings. The lowest BCUT2D eigenvalue weighted by Crippen LogP contribution is -2.13. The van der Waals surface area contributed by atoms with Crippen LogP contribution in [0.25, 0.3) is 10.2 Å². The lowest BCUT2D eigenvalue weighted by Gasteiger charge is -2.06. The molecule has 8 nitrogen and oxygen atoms in total. The minimum atomic E-state index is -3.77. The second kappa shape index (κ2) is 6.98. The van der Waals surface area contributed by atoms with Crippen LogP contribution in [0.5, 0.6) is 5.88 Å². The third-order valence-electron chi connectivity index (χ3n) is 3.62. The number of amides is 1. The lowest BCUT2D eigenvalue weighted by molar-refractivity contribution is 0.103. The maximum absolute atomic E-state index is 12.6. The Kier molecular flexibility index (Phi) is 4.90. The van der Waals surface area contributed by atoms with E-state index < -0.39 is 10.0 Å². The van der Waals surface area contributed by atoms with Crippen LogP contribution in [-0.4, -0.2) is 30.9 Å². The van der Waals surface area contributed by atoms with Crippen LogP contribution in [0.3, 0.4) is 0 Å². The zero-order valence-electron chi connectivity index (χ0n) is 14.0. The fourth-order valence-electron chi connectivity index (χ4n) is 2.42. The number of carbonyl (C=O) groups is 1. The van der Waals surface area contributed by atoms with E-state index in [0.29, 0.717) is 33.3 Å². The topological polar surface area (TPSA) is 124 Å². The molecule has 136 valence electrons. The normalized spacial score (nSPS) is 11.5. The van der Waals surface area contributed by atoms with Crippen molar-refractivity contribution >= 4 is 43.2 Å². The van der Waals surface area contributed by atoms with Gasteiger partial charge in [-0.05, 0) is 43.7 Å². The zero-order valence-corrected chi connectivity index (χ0v) is 15.6. The number of carbonyl (C=O) groups excluding carboxylic acids is 1. The number of benzene rings is 1. The molecule has 2 aromatic heterocycles. The van der Waals surface area contributed by atoms with Crippen molar-refractivity contribution in [1.82, 2.24) is 9.97 Å². The number of ether oxygens (including phenoxy) is 1. The predicted molar refractivity (Wildman–Crippen MR) is 99.1 cm³/mol. The number of fused-ring (bicyclic) bond motifs is 1. The Labute approximate surface area is 154 Å². The van der Waals surface area contributed by atoms with E-state index in [0.717, 1.165) is 5.56 Å². The van der Waals surface area contributed by atoms with E-state index in [9.17, 15) is 13.2 Å². The highest BCUT2D eigenvalue weighted by molar-refractivity contribution is 7.89. The van der Waals surface area contributed by atoms with E-state index in [-0.39, 0.29) is 10.8 Å². The Hall–Kier alpha value is -2.56. The molecule has 10 heteroatoms. The molecule has 1 aromatic carbocycles.